The third-order valence-electron chi connectivity index (χ3n) is 4.72. The van der Waals surface area contributed by atoms with E-state index in [1.807, 2.05) is 49.1 Å². The minimum absolute atomic E-state index is 0.0555. The highest BCUT2D eigenvalue weighted by molar-refractivity contribution is 5.89. The largest absolute Gasteiger partial charge is 0.381 e. The van der Waals surface area contributed by atoms with Gasteiger partial charge in [-0.15, -0.1) is 0 Å². The van der Waals surface area contributed by atoms with Crippen molar-refractivity contribution < 1.29 is 4.79 Å². The molecule has 0 saturated carbocycles. The van der Waals surface area contributed by atoms with Crippen molar-refractivity contribution >= 4 is 23.2 Å². The van der Waals surface area contributed by atoms with Crippen LogP contribution in [0.15, 0.2) is 36.8 Å². The third kappa shape index (κ3) is 5.32. The maximum Gasteiger partial charge on any atom is 0.321 e. The molecule has 0 aliphatic carbocycles. The van der Waals surface area contributed by atoms with Crippen molar-refractivity contribution in [1.82, 2.24) is 14.9 Å². The van der Waals surface area contributed by atoms with Crippen molar-refractivity contribution in [3.63, 3.8) is 0 Å². The molecule has 3 rings (SSSR count). The quantitative estimate of drug-likeness (QED) is 0.866. The fourth-order valence-corrected chi connectivity index (χ4v) is 3.24. The average molecular weight is 368 g/mol. The number of aromatic nitrogens is 2. The van der Waals surface area contributed by atoms with Crippen molar-refractivity contribution in [2.24, 2.45) is 0 Å². The molecule has 0 spiro atoms. The van der Waals surface area contributed by atoms with Crippen LogP contribution in [0.25, 0.3) is 0 Å². The standard InChI is InChI=1S/C20H28N6O/c1-15-11-18(13-21-12-15)24-20(27)26-9-4-5-16(8-10-26)23-17-6-7-19(22-14-17)25(2)3/h6-7,11-14,16,23H,4-5,8-10H2,1-3H3,(H,24,27)/t16-/m0/s1. The van der Waals surface area contributed by atoms with Gasteiger partial charge in [-0.2, -0.15) is 0 Å². The Balaban J connectivity index is 1.53. The number of anilines is 3. The van der Waals surface area contributed by atoms with Crippen LogP contribution < -0.4 is 15.5 Å². The number of hydrogen-bond donors (Lipinski definition) is 2. The predicted octanol–water partition coefficient (Wildman–Crippen LogP) is 3.35. The molecule has 1 saturated heterocycles. The Labute approximate surface area is 160 Å². The molecular weight excluding hydrogens is 340 g/mol. The maximum atomic E-state index is 12.5. The van der Waals surface area contributed by atoms with Crippen molar-refractivity contribution in [2.75, 3.05) is 42.7 Å². The molecule has 144 valence electrons. The van der Waals surface area contributed by atoms with E-state index in [9.17, 15) is 4.79 Å². The summed E-state index contributed by atoms with van der Waals surface area (Å²) in [5, 5.41) is 6.51. The van der Waals surface area contributed by atoms with Crippen LogP contribution >= 0.6 is 0 Å². The van der Waals surface area contributed by atoms with Gasteiger partial charge < -0.3 is 20.4 Å². The number of hydrogen-bond acceptors (Lipinski definition) is 5. The van der Waals surface area contributed by atoms with Gasteiger partial charge in [0, 0.05) is 39.4 Å². The topological polar surface area (TPSA) is 73.4 Å². The average Bonchev–Trinajstić information content (AvgIpc) is 2.88. The minimum Gasteiger partial charge on any atom is -0.381 e. The van der Waals surface area contributed by atoms with Crippen LogP contribution in [-0.2, 0) is 0 Å². The number of likely N-dealkylation sites (tertiary alicyclic amines) is 1. The van der Waals surface area contributed by atoms with Gasteiger partial charge in [0.05, 0.1) is 23.8 Å². The number of nitrogens with zero attached hydrogens (tertiary/aromatic N) is 4. The molecule has 1 atom stereocenters. The lowest BCUT2D eigenvalue weighted by Crippen LogP contribution is -2.36. The number of aryl methyl sites for hydroxylation is 1. The molecule has 1 aliphatic rings. The second-order valence-corrected chi connectivity index (χ2v) is 7.24. The molecule has 27 heavy (non-hydrogen) atoms. The Kier molecular flexibility index (Phi) is 6.11. The molecule has 7 nitrogen and oxygen atoms in total. The zero-order valence-electron chi connectivity index (χ0n) is 16.3. The Morgan fingerprint density at radius 1 is 1.15 bits per heavy atom. The van der Waals surface area contributed by atoms with E-state index in [4.69, 9.17) is 0 Å². The first-order chi connectivity index (χ1) is 13.0. The van der Waals surface area contributed by atoms with Gasteiger partial charge in [0.25, 0.3) is 0 Å². The number of carbonyl (C=O) groups excluding carboxylic acids is 1. The lowest BCUT2D eigenvalue weighted by molar-refractivity contribution is 0.213. The Morgan fingerprint density at radius 2 is 2.00 bits per heavy atom. The molecule has 0 unspecified atom stereocenters. The summed E-state index contributed by atoms with van der Waals surface area (Å²) in [6, 6.07) is 6.28. The van der Waals surface area contributed by atoms with Gasteiger partial charge in [-0.3, -0.25) is 4.98 Å². The zero-order chi connectivity index (χ0) is 19.2. The van der Waals surface area contributed by atoms with Crippen molar-refractivity contribution in [2.45, 2.75) is 32.2 Å². The SMILES string of the molecule is Cc1cncc(NC(=O)N2CCC[C@H](Nc3ccc(N(C)C)nc3)CC2)c1. The van der Waals surface area contributed by atoms with Crippen LogP contribution in [0.1, 0.15) is 24.8 Å². The van der Waals surface area contributed by atoms with Crippen LogP contribution in [-0.4, -0.2) is 54.1 Å². The molecule has 0 aromatic carbocycles. The predicted molar refractivity (Wildman–Crippen MR) is 109 cm³/mol. The number of amides is 2. The van der Waals surface area contributed by atoms with E-state index in [0.29, 0.717) is 6.04 Å². The maximum absolute atomic E-state index is 12.5. The molecule has 0 radical (unpaired) electrons. The van der Waals surface area contributed by atoms with Gasteiger partial charge in [0.1, 0.15) is 5.82 Å². The summed E-state index contributed by atoms with van der Waals surface area (Å²) in [6.07, 6.45) is 8.24. The number of nitrogens with one attached hydrogen (secondary N) is 2. The summed E-state index contributed by atoms with van der Waals surface area (Å²) in [7, 11) is 3.96. The van der Waals surface area contributed by atoms with Crippen LogP contribution in [0.4, 0.5) is 22.0 Å². The van der Waals surface area contributed by atoms with Crippen LogP contribution in [0.5, 0.6) is 0 Å². The highest BCUT2D eigenvalue weighted by Gasteiger charge is 2.21. The summed E-state index contributed by atoms with van der Waals surface area (Å²) in [4.78, 5) is 25.0. The van der Waals surface area contributed by atoms with Crippen molar-refractivity contribution in [3.05, 3.63) is 42.4 Å². The number of pyridine rings is 2. The Hall–Kier alpha value is -2.83. The van der Waals surface area contributed by atoms with Gasteiger partial charge >= 0.3 is 6.03 Å². The number of rotatable bonds is 4. The first-order valence-corrected chi connectivity index (χ1v) is 9.39. The molecule has 3 heterocycles. The molecule has 2 aromatic rings. The monoisotopic (exact) mass is 368 g/mol. The van der Waals surface area contributed by atoms with Crippen LogP contribution in [0.2, 0.25) is 0 Å². The smallest absolute Gasteiger partial charge is 0.321 e. The van der Waals surface area contributed by atoms with Gasteiger partial charge in [0.2, 0.25) is 0 Å². The van der Waals surface area contributed by atoms with Crippen molar-refractivity contribution in [3.8, 4) is 0 Å². The normalized spacial score (nSPS) is 17.1. The zero-order valence-corrected chi connectivity index (χ0v) is 16.3. The summed E-state index contributed by atoms with van der Waals surface area (Å²) >= 11 is 0. The van der Waals surface area contributed by atoms with E-state index < -0.39 is 0 Å². The Morgan fingerprint density at radius 3 is 2.70 bits per heavy atom. The van der Waals surface area contributed by atoms with E-state index in [1.165, 1.54) is 0 Å². The van der Waals surface area contributed by atoms with Gasteiger partial charge in [-0.05, 0) is 49.9 Å². The van der Waals surface area contributed by atoms with Gasteiger partial charge in [0.15, 0.2) is 0 Å². The van der Waals surface area contributed by atoms with Crippen LogP contribution in [0.3, 0.4) is 0 Å². The number of urea groups is 1. The van der Waals surface area contributed by atoms with E-state index in [1.54, 1.807) is 12.4 Å². The molecule has 7 heteroatoms. The first kappa shape index (κ1) is 18.9. The van der Waals surface area contributed by atoms with E-state index in [2.05, 4.69) is 26.7 Å². The summed E-state index contributed by atoms with van der Waals surface area (Å²) in [5.41, 5.74) is 2.79. The highest BCUT2D eigenvalue weighted by Crippen LogP contribution is 2.19. The first-order valence-electron chi connectivity index (χ1n) is 9.39. The van der Waals surface area contributed by atoms with Gasteiger partial charge in [-0.25, -0.2) is 9.78 Å². The second kappa shape index (κ2) is 8.70. The van der Waals surface area contributed by atoms with E-state index in [-0.39, 0.29) is 6.03 Å². The molecular formula is C20H28N6O. The number of carbonyl (C=O) groups is 1. The summed E-state index contributed by atoms with van der Waals surface area (Å²) < 4.78 is 0. The molecule has 2 N–H and O–H groups in total. The summed E-state index contributed by atoms with van der Waals surface area (Å²) in [5.74, 6) is 0.940. The third-order valence-corrected chi connectivity index (χ3v) is 4.72. The summed E-state index contributed by atoms with van der Waals surface area (Å²) in [6.45, 7) is 3.46. The molecule has 1 aliphatic heterocycles. The molecule has 1 fully saturated rings. The molecule has 0 bridgehead atoms. The van der Waals surface area contributed by atoms with Gasteiger partial charge in [-0.1, -0.05) is 0 Å². The lowest BCUT2D eigenvalue weighted by Gasteiger charge is -2.22. The van der Waals surface area contributed by atoms with E-state index >= 15 is 0 Å². The van der Waals surface area contributed by atoms with E-state index in [0.717, 1.165) is 55.1 Å². The highest BCUT2D eigenvalue weighted by atomic mass is 16.2. The van der Waals surface area contributed by atoms with Crippen LogP contribution in [0, 0.1) is 6.92 Å². The van der Waals surface area contributed by atoms with Crippen molar-refractivity contribution in [1.29, 1.82) is 0 Å². The fraction of sp³-hybridized carbons (Fsp3) is 0.450. The lowest BCUT2D eigenvalue weighted by atomic mass is 10.1. The molecule has 2 amide bonds. The molecule has 2 aromatic heterocycles. The minimum atomic E-state index is -0.0555. The second-order valence-electron chi connectivity index (χ2n) is 7.24. The Bertz CT molecular complexity index is 761. The fourth-order valence-electron chi connectivity index (χ4n) is 3.24.